The first kappa shape index (κ1) is 15.2. The molecule has 0 saturated heterocycles. The Morgan fingerprint density at radius 2 is 2.09 bits per heavy atom. The molecule has 118 valence electrons. The van der Waals surface area contributed by atoms with Crippen LogP contribution in [0.25, 0.3) is 0 Å². The van der Waals surface area contributed by atoms with Crippen molar-refractivity contribution in [3.63, 3.8) is 0 Å². The molecule has 2 heterocycles. The molecule has 0 radical (unpaired) electrons. The van der Waals surface area contributed by atoms with Crippen molar-refractivity contribution in [3.05, 3.63) is 66.0 Å². The molecule has 0 amide bonds. The smallest absolute Gasteiger partial charge is 0.337 e. The van der Waals surface area contributed by atoms with Gasteiger partial charge in [0, 0.05) is 18.0 Å². The van der Waals surface area contributed by atoms with E-state index in [1.54, 1.807) is 18.3 Å². The molecule has 1 aromatic carbocycles. The molecule has 6 heteroatoms. The quantitative estimate of drug-likeness (QED) is 0.680. The van der Waals surface area contributed by atoms with E-state index in [4.69, 9.17) is 4.74 Å². The van der Waals surface area contributed by atoms with Crippen LogP contribution >= 0.6 is 0 Å². The number of amidine groups is 1. The van der Waals surface area contributed by atoms with Crippen LogP contribution in [0.1, 0.15) is 21.7 Å². The molecule has 0 bridgehead atoms. The predicted molar refractivity (Wildman–Crippen MR) is 86.5 cm³/mol. The molecule has 0 fully saturated rings. The van der Waals surface area contributed by atoms with E-state index in [1.165, 1.54) is 7.11 Å². The second-order valence-corrected chi connectivity index (χ2v) is 5.67. The van der Waals surface area contributed by atoms with Gasteiger partial charge in [0.05, 0.1) is 25.9 Å². The van der Waals surface area contributed by atoms with Crippen LogP contribution in [0.4, 0.5) is 0 Å². The van der Waals surface area contributed by atoms with E-state index in [0.29, 0.717) is 16.5 Å². The van der Waals surface area contributed by atoms with Gasteiger partial charge in [-0.1, -0.05) is 12.1 Å². The van der Waals surface area contributed by atoms with Gasteiger partial charge in [-0.2, -0.15) is 0 Å². The van der Waals surface area contributed by atoms with Gasteiger partial charge in [-0.25, -0.2) is 19.3 Å². The van der Waals surface area contributed by atoms with Crippen molar-refractivity contribution in [1.82, 2.24) is 9.97 Å². The monoisotopic (exact) mass is 311 g/mol. The van der Waals surface area contributed by atoms with Crippen LogP contribution < -0.4 is 0 Å². The Bertz CT molecular complexity index is 747. The molecular formula is C17H19N4O2+. The highest BCUT2D eigenvalue weighted by atomic mass is 16.5. The minimum atomic E-state index is -0.321. The number of hydrogen-bond donors (Lipinski definition) is 1. The lowest BCUT2D eigenvalue weighted by atomic mass is 10.1. The molecule has 3 rings (SSSR count). The Balaban J connectivity index is 1.74. The number of esters is 1. The van der Waals surface area contributed by atoms with E-state index in [0.717, 1.165) is 23.8 Å². The lowest BCUT2D eigenvalue weighted by Crippen LogP contribution is -2.42. The van der Waals surface area contributed by atoms with Gasteiger partial charge in [-0.3, -0.25) is 0 Å². The molecule has 1 atom stereocenters. The summed E-state index contributed by atoms with van der Waals surface area (Å²) >= 11 is 0. The number of aromatic amines is 1. The van der Waals surface area contributed by atoms with Crippen LogP contribution in [0.2, 0.25) is 0 Å². The number of carbonyl (C=O) groups excluding carboxylic acids is 1. The fourth-order valence-corrected chi connectivity index (χ4v) is 2.64. The number of carbonyl (C=O) groups is 1. The third-order valence-corrected chi connectivity index (χ3v) is 3.98. The van der Waals surface area contributed by atoms with Crippen molar-refractivity contribution in [2.75, 3.05) is 14.2 Å². The maximum Gasteiger partial charge on any atom is 0.337 e. The highest BCUT2D eigenvalue weighted by molar-refractivity contribution is 5.89. The molecule has 0 aliphatic carbocycles. The fourth-order valence-electron chi connectivity index (χ4n) is 2.64. The molecule has 0 saturated carbocycles. The average Bonchev–Trinajstić information content (AvgIpc) is 3.18. The highest BCUT2D eigenvalue weighted by Crippen LogP contribution is 2.21. The number of aliphatic imine (C=N–C) groups is 1. The number of quaternary nitrogens is 1. The molecule has 1 N–H and O–H groups in total. The zero-order chi connectivity index (χ0) is 16.3. The third-order valence-electron chi connectivity index (χ3n) is 3.98. The molecule has 1 aliphatic rings. The standard InChI is InChI=1S/C17H19N4O2/c1-21(10-9-20-16(21)11-15-18-7-8-19-15)12-13-3-5-14(6-4-13)17(22)23-2/h3-10H,11-12H2,1-2H3,(H,18,19)/q+1. The van der Waals surface area contributed by atoms with Crippen LogP contribution in [0, 0.1) is 0 Å². The maximum absolute atomic E-state index is 11.5. The summed E-state index contributed by atoms with van der Waals surface area (Å²) in [5, 5.41) is 0. The summed E-state index contributed by atoms with van der Waals surface area (Å²) in [5.74, 6) is 1.60. The summed E-state index contributed by atoms with van der Waals surface area (Å²) in [6, 6.07) is 7.48. The van der Waals surface area contributed by atoms with Gasteiger partial charge in [-0.15, -0.1) is 0 Å². The second-order valence-electron chi connectivity index (χ2n) is 5.67. The van der Waals surface area contributed by atoms with Crippen molar-refractivity contribution in [2.45, 2.75) is 13.0 Å². The molecular weight excluding hydrogens is 292 g/mol. The van der Waals surface area contributed by atoms with Gasteiger partial charge in [-0.05, 0) is 12.1 Å². The second kappa shape index (κ2) is 6.18. The Kier molecular flexibility index (Phi) is 4.08. The first-order valence-corrected chi connectivity index (χ1v) is 7.36. The zero-order valence-electron chi connectivity index (χ0n) is 13.2. The first-order valence-electron chi connectivity index (χ1n) is 7.36. The van der Waals surface area contributed by atoms with Gasteiger partial charge in [0.15, 0.2) is 0 Å². The van der Waals surface area contributed by atoms with E-state index < -0.39 is 0 Å². The Morgan fingerprint density at radius 1 is 1.30 bits per heavy atom. The molecule has 1 unspecified atom stereocenters. The highest BCUT2D eigenvalue weighted by Gasteiger charge is 2.31. The average molecular weight is 311 g/mol. The lowest BCUT2D eigenvalue weighted by molar-refractivity contribution is -0.779. The van der Waals surface area contributed by atoms with Gasteiger partial charge in [0.25, 0.3) is 0 Å². The SMILES string of the molecule is COC(=O)c1ccc(C[N+]2(C)C=CN=C2Cc2ncc[nH]2)cc1. The summed E-state index contributed by atoms with van der Waals surface area (Å²) in [4.78, 5) is 23.4. The first-order chi connectivity index (χ1) is 11.1. The van der Waals surface area contributed by atoms with E-state index in [1.807, 2.05) is 24.5 Å². The Hall–Kier alpha value is -2.73. The molecule has 0 spiro atoms. The van der Waals surface area contributed by atoms with E-state index in [9.17, 15) is 4.79 Å². The number of likely N-dealkylation sites (N-methyl/N-ethyl adjacent to an activating group) is 1. The van der Waals surface area contributed by atoms with Gasteiger partial charge in [0.2, 0.25) is 5.84 Å². The van der Waals surface area contributed by atoms with E-state index in [2.05, 4.69) is 28.2 Å². The largest absolute Gasteiger partial charge is 0.465 e. The van der Waals surface area contributed by atoms with E-state index >= 15 is 0 Å². The number of aromatic nitrogens is 2. The number of methoxy groups -OCH3 is 1. The van der Waals surface area contributed by atoms with Crippen molar-refractivity contribution in [3.8, 4) is 0 Å². The van der Waals surface area contributed by atoms with Gasteiger partial charge in [0.1, 0.15) is 25.0 Å². The van der Waals surface area contributed by atoms with Crippen molar-refractivity contribution in [1.29, 1.82) is 0 Å². The summed E-state index contributed by atoms with van der Waals surface area (Å²) in [5.41, 5.74) is 1.68. The summed E-state index contributed by atoms with van der Waals surface area (Å²) < 4.78 is 5.32. The van der Waals surface area contributed by atoms with Gasteiger partial charge < -0.3 is 9.72 Å². The number of nitrogens with one attached hydrogen (secondary N) is 1. The molecule has 1 aliphatic heterocycles. The molecule has 6 nitrogen and oxygen atoms in total. The molecule has 1 aromatic heterocycles. The number of nitrogens with zero attached hydrogens (tertiary/aromatic N) is 3. The van der Waals surface area contributed by atoms with Crippen LogP contribution in [-0.4, -0.2) is 40.4 Å². The Labute approximate surface area is 134 Å². The van der Waals surface area contributed by atoms with Crippen molar-refractivity contribution in [2.24, 2.45) is 4.99 Å². The Morgan fingerprint density at radius 3 is 2.74 bits per heavy atom. The number of rotatable bonds is 5. The summed E-state index contributed by atoms with van der Waals surface area (Å²) in [6.45, 7) is 0.761. The van der Waals surface area contributed by atoms with Crippen LogP contribution in [0.3, 0.4) is 0 Å². The normalized spacial score (nSPS) is 19.7. The minimum absolute atomic E-state index is 0.321. The number of hydrogen-bond acceptors (Lipinski definition) is 4. The summed E-state index contributed by atoms with van der Waals surface area (Å²) in [7, 11) is 3.49. The number of imidazole rings is 1. The summed E-state index contributed by atoms with van der Waals surface area (Å²) in [6.07, 6.45) is 8.13. The fraction of sp³-hybridized carbons (Fsp3) is 0.235. The molecule has 23 heavy (non-hydrogen) atoms. The topological polar surface area (TPSA) is 67.3 Å². The van der Waals surface area contributed by atoms with Crippen molar-refractivity contribution < 1.29 is 14.0 Å². The van der Waals surface area contributed by atoms with Crippen molar-refractivity contribution >= 4 is 11.8 Å². The van der Waals surface area contributed by atoms with Crippen LogP contribution in [0.5, 0.6) is 0 Å². The number of ether oxygens (including phenoxy) is 1. The van der Waals surface area contributed by atoms with Crippen LogP contribution in [0.15, 0.2) is 54.1 Å². The number of H-pyrrole nitrogens is 1. The van der Waals surface area contributed by atoms with E-state index in [-0.39, 0.29) is 5.97 Å². The third kappa shape index (κ3) is 3.22. The zero-order valence-corrected chi connectivity index (χ0v) is 13.2. The lowest BCUT2D eigenvalue weighted by Gasteiger charge is -2.27. The van der Waals surface area contributed by atoms with Gasteiger partial charge >= 0.3 is 5.97 Å². The predicted octanol–water partition coefficient (Wildman–Crippen LogP) is 2.27. The van der Waals surface area contributed by atoms with Crippen LogP contribution in [-0.2, 0) is 17.7 Å². The minimum Gasteiger partial charge on any atom is -0.465 e. The number of benzene rings is 1. The molecule has 2 aromatic rings. The maximum atomic E-state index is 11.5.